The average molecular weight is 709 g/mol. The molecule has 1 saturated heterocycles. The van der Waals surface area contributed by atoms with Crippen LogP contribution >= 0.6 is 11.3 Å². The lowest BCUT2D eigenvalue weighted by Crippen LogP contribution is -2.38. The van der Waals surface area contributed by atoms with Gasteiger partial charge in [0.15, 0.2) is 11.6 Å². The van der Waals surface area contributed by atoms with E-state index in [1.54, 1.807) is 29.3 Å². The van der Waals surface area contributed by atoms with Gasteiger partial charge in [-0.1, -0.05) is 18.2 Å². The third-order valence-electron chi connectivity index (χ3n) is 9.94. The number of halogens is 2. The number of aromatic amines is 1. The van der Waals surface area contributed by atoms with Gasteiger partial charge in [0.05, 0.1) is 59.6 Å². The second kappa shape index (κ2) is 12.4. The van der Waals surface area contributed by atoms with Crippen LogP contribution in [0.25, 0.3) is 32.0 Å². The van der Waals surface area contributed by atoms with Gasteiger partial charge in [-0.25, -0.2) is 23.7 Å². The molecule has 0 saturated carbocycles. The molecule has 1 aliphatic carbocycles. The molecular formula is C37H30F2N6O5S. The smallest absolute Gasteiger partial charge is 0.434 e. The summed E-state index contributed by atoms with van der Waals surface area (Å²) in [5.74, 6) is -0.690. The summed E-state index contributed by atoms with van der Waals surface area (Å²) in [6.45, 7) is 1.14. The Hall–Kier alpha value is -5.47. The highest BCUT2D eigenvalue weighted by molar-refractivity contribution is 7.23. The Morgan fingerprint density at radius 2 is 1.94 bits per heavy atom. The zero-order chi connectivity index (χ0) is 34.8. The Morgan fingerprint density at radius 1 is 1.08 bits per heavy atom. The van der Waals surface area contributed by atoms with Gasteiger partial charge in [-0.3, -0.25) is 9.78 Å². The van der Waals surface area contributed by atoms with E-state index in [1.165, 1.54) is 36.6 Å². The molecule has 2 N–H and O–H groups in total. The summed E-state index contributed by atoms with van der Waals surface area (Å²) in [4.78, 5) is 38.9. The molecule has 14 heteroatoms. The topological polar surface area (TPSA) is 135 Å². The fourth-order valence-electron chi connectivity index (χ4n) is 7.61. The van der Waals surface area contributed by atoms with E-state index in [0.29, 0.717) is 72.9 Å². The van der Waals surface area contributed by atoms with Crippen LogP contribution in [-0.4, -0.2) is 57.8 Å². The van der Waals surface area contributed by atoms with Crippen molar-refractivity contribution in [2.45, 2.75) is 37.8 Å². The summed E-state index contributed by atoms with van der Waals surface area (Å²) in [5.41, 5.74) is 5.32. The van der Waals surface area contributed by atoms with E-state index < -0.39 is 5.76 Å². The number of aryl methyl sites for hydroxylation is 2. The molecule has 1 amide bonds. The Kier molecular flexibility index (Phi) is 7.65. The van der Waals surface area contributed by atoms with Crippen LogP contribution in [0.4, 0.5) is 14.6 Å². The predicted octanol–water partition coefficient (Wildman–Crippen LogP) is 6.40. The Bertz CT molecular complexity index is 2410. The van der Waals surface area contributed by atoms with E-state index in [4.69, 9.17) is 23.9 Å². The number of pyridine rings is 2. The molecule has 2 aromatic carbocycles. The number of rotatable bonds is 8. The molecule has 0 unspecified atom stereocenters. The van der Waals surface area contributed by atoms with Crippen molar-refractivity contribution in [2.75, 3.05) is 32.2 Å². The molecule has 9 rings (SSSR count). The Morgan fingerprint density at radius 3 is 2.75 bits per heavy atom. The van der Waals surface area contributed by atoms with Gasteiger partial charge in [0.2, 0.25) is 0 Å². The fraction of sp³-hybridized carbons (Fsp3) is 0.270. The number of fused-ring (bicyclic) bond motifs is 5. The van der Waals surface area contributed by atoms with Gasteiger partial charge in [-0.2, -0.15) is 0 Å². The largest absolute Gasteiger partial charge is 0.493 e. The van der Waals surface area contributed by atoms with Crippen molar-refractivity contribution in [1.29, 1.82) is 0 Å². The number of ether oxygens (including phenoxy) is 2. The minimum absolute atomic E-state index is 0.0194. The number of nitrogens with zero attached hydrogens (tertiary/aromatic N) is 4. The maximum Gasteiger partial charge on any atom is 0.434 e. The number of morpholine rings is 1. The van der Waals surface area contributed by atoms with Crippen LogP contribution in [-0.2, 0) is 24.0 Å². The van der Waals surface area contributed by atoms with Crippen LogP contribution in [0.15, 0.2) is 63.9 Å². The molecule has 2 atom stereocenters. The van der Waals surface area contributed by atoms with Crippen molar-refractivity contribution in [2.24, 2.45) is 0 Å². The lowest BCUT2D eigenvalue weighted by atomic mass is 9.93. The second-order valence-corrected chi connectivity index (χ2v) is 13.8. The highest BCUT2D eigenvalue weighted by atomic mass is 32.1. The number of hydrogen-bond acceptors (Lipinski definition) is 10. The molecule has 0 spiro atoms. The predicted molar refractivity (Wildman–Crippen MR) is 185 cm³/mol. The number of H-pyrrole nitrogens is 1. The van der Waals surface area contributed by atoms with Gasteiger partial charge >= 0.3 is 5.76 Å². The summed E-state index contributed by atoms with van der Waals surface area (Å²) in [6, 6.07) is 12.9. The Balaban J connectivity index is 1.20. The van der Waals surface area contributed by atoms with Crippen molar-refractivity contribution in [3.63, 3.8) is 0 Å². The highest BCUT2D eigenvalue weighted by Gasteiger charge is 2.44. The van der Waals surface area contributed by atoms with Gasteiger partial charge < -0.3 is 24.1 Å². The highest BCUT2D eigenvalue weighted by Crippen LogP contribution is 2.49. The van der Waals surface area contributed by atoms with Gasteiger partial charge in [-0.15, -0.1) is 16.4 Å². The number of anilines is 1. The van der Waals surface area contributed by atoms with Crippen LogP contribution in [0, 0.1) is 11.6 Å². The van der Waals surface area contributed by atoms with Crippen molar-refractivity contribution in [3.8, 4) is 27.6 Å². The van der Waals surface area contributed by atoms with Gasteiger partial charge in [0.1, 0.15) is 11.6 Å². The standard InChI is InChI=1S/C37H30F2N6O5S/c1-48-32-22-8-11-24(21(22)7-9-23(32)39)42-34-33-19(12-13-40-34)16-27(51-33)29-28(35-43-44-37(47)50-35)25(10-4-18-2-5-20(38)6-3-18)41-31-26-17-49-15-14-45(26)36(46)30(29)31/h2-3,5-7,9,12-13,16,24,26H,4,8,10-11,14-15,17H2,1H3,(H,40,42)(H,44,47)/t24-,26-/m1/s1. The zero-order valence-electron chi connectivity index (χ0n) is 27.3. The molecule has 1 fully saturated rings. The van der Waals surface area contributed by atoms with E-state index in [0.717, 1.165) is 38.1 Å². The number of carbonyl (C=O) groups is 1. The molecule has 11 nitrogen and oxygen atoms in total. The van der Waals surface area contributed by atoms with Crippen LogP contribution < -0.4 is 15.8 Å². The summed E-state index contributed by atoms with van der Waals surface area (Å²) < 4.78 is 45.8. The van der Waals surface area contributed by atoms with E-state index in [9.17, 15) is 18.4 Å². The summed E-state index contributed by atoms with van der Waals surface area (Å²) in [7, 11) is 1.48. The molecule has 4 aromatic heterocycles. The Labute approximate surface area is 293 Å². The van der Waals surface area contributed by atoms with E-state index in [-0.39, 0.29) is 41.3 Å². The maximum absolute atomic E-state index is 14.5. The number of hydrogen-bond donors (Lipinski definition) is 2. The molecule has 6 aromatic rings. The van der Waals surface area contributed by atoms with E-state index in [1.807, 2.05) is 12.1 Å². The van der Waals surface area contributed by atoms with E-state index in [2.05, 4.69) is 15.5 Å². The van der Waals surface area contributed by atoms with Crippen LogP contribution in [0.3, 0.4) is 0 Å². The normalized spacial score (nSPS) is 17.9. The van der Waals surface area contributed by atoms with Crippen molar-refractivity contribution >= 4 is 33.1 Å². The van der Waals surface area contributed by atoms with Crippen LogP contribution in [0.1, 0.15) is 56.9 Å². The lowest BCUT2D eigenvalue weighted by molar-refractivity contribution is 0.00352. The first-order valence-electron chi connectivity index (χ1n) is 16.6. The number of thiophene rings is 1. The number of amides is 1. The molecule has 0 bridgehead atoms. The van der Waals surface area contributed by atoms with Gasteiger partial charge in [0, 0.05) is 28.7 Å². The fourth-order valence-corrected chi connectivity index (χ4v) is 8.77. The van der Waals surface area contributed by atoms with Crippen LogP contribution in [0.5, 0.6) is 5.75 Å². The van der Waals surface area contributed by atoms with Gasteiger partial charge in [-0.05, 0) is 72.5 Å². The molecule has 3 aliphatic rings. The minimum Gasteiger partial charge on any atom is -0.493 e. The first-order valence-corrected chi connectivity index (χ1v) is 17.5. The molecule has 51 heavy (non-hydrogen) atoms. The van der Waals surface area contributed by atoms with Crippen molar-refractivity contribution < 1.29 is 27.5 Å². The zero-order valence-corrected chi connectivity index (χ0v) is 28.1. The number of nitrogens with one attached hydrogen (secondary N) is 2. The SMILES string of the molecule is COc1c(F)ccc2c1CC[C@H]2Nc1nccc2cc(-c3c4c(nc(CCc5ccc(F)cc5)c3-c3n[nH]c(=O)o3)[C@H]3COCCN3C4=O)sc12. The van der Waals surface area contributed by atoms with Crippen molar-refractivity contribution in [1.82, 2.24) is 25.1 Å². The summed E-state index contributed by atoms with van der Waals surface area (Å²) in [5, 5.41) is 11.1. The number of benzene rings is 2. The second-order valence-electron chi connectivity index (χ2n) is 12.8. The maximum atomic E-state index is 14.5. The minimum atomic E-state index is -0.738. The monoisotopic (exact) mass is 708 g/mol. The molecule has 258 valence electrons. The number of carbonyl (C=O) groups excluding carboxylic acids is 1. The third-order valence-corrected chi connectivity index (χ3v) is 11.1. The van der Waals surface area contributed by atoms with Gasteiger partial charge in [0.25, 0.3) is 11.8 Å². The van der Waals surface area contributed by atoms with E-state index >= 15 is 0 Å². The first kappa shape index (κ1) is 31.5. The number of methoxy groups -OCH3 is 1. The third kappa shape index (κ3) is 5.28. The number of aromatic nitrogens is 4. The molecule has 6 heterocycles. The first-order chi connectivity index (χ1) is 24.9. The van der Waals surface area contributed by atoms with Crippen molar-refractivity contribution in [3.05, 3.63) is 111 Å². The molecule has 2 aliphatic heterocycles. The molecule has 0 radical (unpaired) electrons. The summed E-state index contributed by atoms with van der Waals surface area (Å²) >= 11 is 1.45. The molecular weight excluding hydrogens is 679 g/mol. The quantitative estimate of drug-likeness (QED) is 0.184. The van der Waals surface area contributed by atoms with Crippen LogP contribution in [0.2, 0.25) is 0 Å². The average Bonchev–Trinajstić information content (AvgIpc) is 3.93. The summed E-state index contributed by atoms with van der Waals surface area (Å²) in [6.07, 6.45) is 4.02. The lowest BCUT2D eigenvalue weighted by Gasteiger charge is -2.29.